The van der Waals surface area contributed by atoms with Gasteiger partial charge >= 0.3 is 0 Å². The van der Waals surface area contributed by atoms with Crippen LogP contribution in [0.25, 0.3) is 6.08 Å². The molecule has 2 amide bonds. The molecule has 0 atom stereocenters. The van der Waals surface area contributed by atoms with Crippen LogP contribution in [-0.4, -0.2) is 16.9 Å². The predicted octanol–water partition coefficient (Wildman–Crippen LogP) is 4.13. The summed E-state index contributed by atoms with van der Waals surface area (Å²) in [6, 6.07) is 12.2. The molecule has 1 aliphatic rings. The van der Waals surface area contributed by atoms with Crippen LogP contribution in [0.2, 0.25) is 10.0 Å². The first-order valence-corrected chi connectivity index (χ1v) is 8.47. The lowest BCUT2D eigenvalue weighted by atomic mass is 10.1. The Hall–Kier alpha value is -2.21. The SMILES string of the molecule is Cc1ccc(N2C(=O)/C(=C/c3c(Cl)cccc3Cl)C(=O)NC2=S)cc1. The van der Waals surface area contributed by atoms with Crippen LogP contribution in [0.15, 0.2) is 48.0 Å². The summed E-state index contributed by atoms with van der Waals surface area (Å²) in [5.74, 6) is -1.12. The zero-order valence-electron chi connectivity index (χ0n) is 13.0. The third-order valence-electron chi connectivity index (χ3n) is 3.68. The Bertz CT molecular complexity index is 903. The van der Waals surface area contributed by atoms with Crippen molar-refractivity contribution in [3.05, 3.63) is 69.2 Å². The molecule has 0 bridgehead atoms. The molecule has 2 aromatic rings. The fourth-order valence-corrected chi connectivity index (χ4v) is 3.17. The Morgan fingerprint density at radius 2 is 1.64 bits per heavy atom. The lowest BCUT2D eigenvalue weighted by Crippen LogP contribution is -2.54. The van der Waals surface area contributed by atoms with Crippen LogP contribution in [0.5, 0.6) is 0 Å². The van der Waals surface area contributed by atoms with Crippen molar-refractivity contribution in [1.29, 1.82) is 0 Å². The zero-order chi connectivity index (χ0) is 18.1. The molecule has 0 spiro atoms. The van der Waals surface area contributed by atoms with E-state index in [0.717, 1.165) is 5.56 Å². The maximum atomic E-state index is 12.9. The second-order valence-electron chi connectivity index (χ2n) is 5.43. The molecular formula is C18H12Cl2N2O2S. The van der Waals surface area contributed by atoms with Gasteiger partial charge in [-0.05, 0) is 49.5 Å². The molecule has 0 aromatic heterocycles. The van der Waals surface area contributed by atoms with Gasteiger partial charge in [0.2, 0.25) is 0 Å². The Balaban J connectivity index is 2.07. The minimum Gasteiger partial charge on any atom is -0.298 e. The topological polar surface area (TPSA) is 49.4 Å². The van der Waals surface area contributed by atoms with Crippen molar-refractivity contribution < 1.29 is 9.59 Å². The first kappa shape index (κ1) is 17.6. The molecule has 126 valence electrons. The lowest BCUT2D eigenvalue weighted by Gasteiger charge is -2.29. The first-order chi connectivity index (χ1) is 11.9. The van der Waals surface area contributed by atoms with Crippen LogP contribution in [0, 0.1) is 6.92 Å². The van der Waals surface area contributed by atoms with Gasteiger partial charge in [-0.2, -0.15) is 0 Å². The number of thiocarbonyl (C=S) groups is 1. The van der Waals surface area contributed by atoms with Crippen molar-refractivity contribution in [3.63, 3.8) is 0 Å². The third-order valence-corrected chi connectivity index (χ3v) is 4.63. The quantitative estimate of drug-likeness (QED) is 0.476. The number of carbonyl (C=O) groups is 2. The van der Waals surface area contributed by atoms with E-state index in [-0.39, 0.29) is 10.7 Å². The molecule has 25 heavy (non-hydrogen) atoms. The summed E-state index contributed by atoms with van der Waals surface area (Å²) in [4.78, 5) is 26.4. The minimum absolute atomic E-state index is 0.0289. The van der Waals surface area contributed by atoms with Crippen LogP contribution in [0.4, 0.5) is 5.69 Å². The van der Waals surface area contributed by atoms with Crippen molar-refractivity contribution in [2.75, 3.05) is 4.90 Å². The summed E-state index contributed by atoms with van der Waals surface area (Å²) in [5.41, 5.74) is 1.92. The van der Waals surface area contributed by atoms with E-state index >= 15 is 0 Å². The Morgan fingerprint density at radius 3 is 2.24 bits per heavy atom. The largest absolute Gasteiger partial charge is 0.298 e. The van der Waals surface area contributed by atoms with E-state index in [1.165, 1.54) is 11.0 Å². The number of anilines is 1. The van der Waals surface area contributed by atoms with Gasteiger partial charge in [-0.15, -0.1) is 0 Å². The van der Waals surface area contributed by atoms with Crippen LogP contribution < -0.4 is 10.2 Å². The summed E-state index contributed by atoms with van der Waals surface area (Å²) in [7, 11) is 0. The number of aryl methyl sites for hydroxylation is 1. The molecule has 7 heteroatoms. The lowest BCUT2D eigenvalue weighted by molar-refractivity contribution is -0.122. The van der Waals surface area contributed by atoms with Crippen molar-refractivity contribution in [2.45, 2.75) is 6.92 Å². The number of amides is 2. The predicted molar refractivity (Wildman–Crippen MR) is 104 cm³/mol. The van der Waals surface area contributed by atoms with E-state index in [1.807, 2.05) is 19.1 Å². The molecule has 1 fully saturated rings. The molecule has 0 aliphatic carbocycles. The van der Waals surface area contributed by atoms with E-state index in [9.17, 15) is 9.59 Å². The Kier molecular flexibility index (Phi) is 4.90. The fraction of sp³-hybridized carbons (Fsp3) is 0.0556. The third kappa shape index (κ3) is 3.44. The highest BCUT2D eigenvalue weighted by Crippen LogP contribution is 2.29. The average Bonchev–Trinajstić information content (AvgIpc) is 2.55. The highest BCUT2D eigenvalue weighted by atomic mass is 35.5. The smallest absolute Gasteiger partial charge is 0.270 e. The number of halogens is 2. The summed E-state index contributed by atoms with van der Waals surface area (Å²) in [6.07, 6.45) is 1.38. The van der Waals surface area contributed by atoms with Gasteiger partial charge in [-0.25, -0.2) is 0 Å². The second-order valence-corrected chi connectivity index (χ2v) is 6.63. The number of nitrogens with zero attached hydrogens (tertiary/aromatic N) is 1. The summed E-state index contributed by atoms with van der Waals surface area (Å²) < 4.78 is 0. The van der Waals surface area contributed by atoms with Gasteiger partial charge in [0, 0.05) is 15.6 Å². The molecule has 0 radical (unpaired) electrons. The summed E-state index contributed by atoms with van der Waals surface area (Å²) in [6.45, 7) is 1.94. The first-order valence-electron chi connectivity index (χ1n) is 7.30. The number of nitrogens with one attached hydrogen (secondary N) is 1. The van der Waals surface area contributed by atoms with Gasteiger partial charge in [0.1, 0.15) is 5.57 Å². The van der Waals surface area contributed by atoms with E-state index < -0.39 is 11.8 Å². The molecule has 4 nitrogen and oxygen atoms in total. The number of carbonyl (C=O) groups excluding carboxylic acids is 2. The second kappa shape index (κ2) is 6.96. The van der Waals surface area contributed by atoms with Crippen molar-refractivity contribution in [3.8, 4) is 0 Å². The van der Waals surface area contributed by atoms with E-state index in [4.69, 9.17) is 35.4 Å². The molecule has 1 heterocycles. The van der Waals surface area contributed by atoms with Crippen molar-refractivity contribution >= 4 is 64.1 Å². The molecule has 2 aromatic carbocycles. The maximum absolute atomic E-state index is 12.9. The van der Waals surface area contributed by atoms with E-state index in [0.29, 0.717) is 21.3 Å². The van der Waals surface area contributed by atoms with Crippen LogP contribution in [-0.2, 0) is 9.59 Å². The number of hydrogen-bond acceptors (Lipinski definition) is 3. The van der Waals surface area contributed by atoms with Crippen molar-refractivity contribution in [1.82, 2.24) is 5.32 Å². The van der Waals surface area contributed by atoms with E-state index in [2.05, 4.69) is 5.32 Å². The standard InChI is InChI=1S/C18H12Cl2N2O2S/c1-10-5-7-11(8-6-10)22-17(24)13(16(23)21-18(22)25)9-12-14(19)3-2-4-15(12)20/h2-9H,1H3,(H,21,23,25)/b13-9+. The van der Waals surface area contributed by atoms with Crippen molar-refractivity contribution in [2.24, 2.45) is 0 Å². The summed E-state index contributed by atoms with van der Waals surface area (Å²) in [5, 5.41) is 3.24. The number of rotatable bonds is 2. The average molecular weight is 391 g/mol. The maximum Gasteiger partial charge on any atom is 0.270 e. The van der Waals surface area contributed by atoms with Gasteiger partial charge in [-0.3, -0.25) is 19.8 Å². The monoisotopic (exact) mass is 390 g/mol. The fourth-order valence-electron chi connectivity index (χ4n) is 2.38. The minimum atomic E-state index is -0.589. The van der Waals surface area contributed by atoms with Gasteiger partial charge in [0.15, 0.2) is 5.11 Å². The highest BCUT2D eigenvalue weighted by Gasteiger charge is 2.34. The molecule has 1 saturated heterocycles. The molecule has 3 rings (SSSR count). The van der Waals surface area contributed by atoms with Crippen LogP contribution in [0.1, 0.15) is 11.1 Å². The zero-order valence-corrected chi connectivity index (χ0v) is 15.4. The summed E-state index contributed by atoms with van der Waals surface area (Å²) >= 11 is 17.4. The van der Waals surface area contributed by atoms with Crippen LogP contribution in [0.3, 0.4) is 0 Å². The van der Waals surface area contributed by atoms with Crippen LogP contribution >= 0.6 is 35.4 Å². The number of hydrogen-bond donors (Lipinski definition) is 1. The molecular weight excluding hydrogens is 379 g/mol. The number of benzene rings is 2. The van der Waals surface area contributed by atoms with Gasteiger partial charge < -0.3 is 0 Å². The molecule has 1 aliphatic heterocycles. The molecule has 0 unspecified atom stereocenters. The van der Waals surface area contributed by atoms with Gasteiger partial charge in [0.05, 0.1) is 5.69 Å². The Labute approximate surface area is 160 Å². The Morgan fingerprint density at radius 1 is 1.04 bits per heavy atom. The van der Waals surface area contributed by atoms with Gasteiger partial charge in [0.25, 0.3) is 11.8 Å². The molecule has 0 saturated carbocycles. The van der Waals surface area contributed by atoms with E-state index in [1.54, 1.807) is 30.3 Å². The van der Waals surface area contributed by atoms with Gasteiger partial charge in [-0.1, -0.05) is 47.0 Å². The normalized spacial score (nSPS) is 16.4. The molecule has 1 N–H and O–H groups in total. The highest BCUT2D eigenvalue weighted by molar-refractivity contribution is 7.80.